The monoisotopic (exact) mass is 234 g/mol. The van der Waals surface area contributed by atoms with Crippen molar-refractivity contribution in [2.24, 2.45) is 0 Å². The van der Waals surface area contributed by atoms with Gasteiger partial charge >= 0.3 is 29.6 Å². The van der Waals surface area contributed by atoms with Crippen molar-refractivity contribution in [3.63, 3.8) is 0 Å². The maximum absolute atomic E-state index is 11.3. The predicted octanol–water partition coefficient (Wildman–Crippen LogP) is -0.533. The van der Waals surface area contributed by atoms with Crippen LogP contribution in [0, 0.1) is 0 Å². The molecule has 1 heterocycles. The first-order valence-electron chi connectivity index (χ1n) is 4.24. The van der Waals surface area contributed by atoms with Crippen LogP contribution < -0.4 is 0 Å². The molecule has 1 aliphatic heterocycles. The molecule has 0 spiro atoms. The van der Waals surface area contributed by atoms with E-state index in [9.17, 15) is 8.42 Å². The Labute approximate surface area is 107 Å². The molecule has 80 valence electrons. The van der Waals surface area contributed by atoms with Gasteiger partial charge in [-0.25, -0.2) is 0 Å². The third-order valence-corrected chi connectivity index (χ3v) is 2.97. The zero-order chi connectivity index (χ0) is 9.73. The van der Waals surface area contributed by atoms with E-state index >= 15 is 0 Å². The standard InChI is InChI=1S/C7H14O5S.Na.H/c1-2-3-12-13(8,9)7-6-10-4-5-11-7;;/h7H,2-6H2,1H3;;. The molecule has 5 nitrogen and oxygen atoms in total. The van der Waals surface area contributed by atoms with E-state index in [2.05, 4.69) is 4.18 Å². The zero-order valence-corrected chi connectivity index (χ0v) is 8.38. The second kappa shape index (κ2) is 7.16. The maximum atomic E-state index is 11.3. The normalized spacial score (nSPS) is 22.8. The van der Waals surface area contributed by atoms with Crippen molar-refractivity contribution in [3.05, 3.63) is 0 Å². The number of ether oxygens (including phenoxy) is 2. The van der Waals surface area contributed by atoms with E-state index in [1.165, 1.54) is 0 Å². The molecule has 0 bridgehead atoms. The van der Waals surface area contributed by atoms with E-state index in [4.69, 9.17) is 9.47 Å². The van der Waals surface area contributed by atoms with Crippen molar-refractivity contribution in [1.29, 1.82) is 0 Å². The van der Waals surface area contributed by atoms with Crippen molar-refractivity contribution < 1.29 is 22.1 Å². The summed E-state index contributed by atoms with van der Waals surface area (Å²) in [6.45, 7) is 2.85. The van der Waals surface area contributed by atoms with Crippen LogP contribution in [-0.2, 0) is 23.8 Å². The topological polar surface area (TPSA) is 61.8 Å². The van der Waals surface area contributed by atoms with Crippen molar-refractivity contribution in [3.8, 4) is 0 Å². The first-order valence-corrected chi connectivity index (χ1v) is 5.71. The number of hydrogen-bond donors (Lipinski definition) is 0. The molecule has 1 aliphatic rings. The van der Waals surface area contributed by atoms with Crippen LogP contribution in [0.3, 0.4) is 0 Å². The fraction of sp³-hybridized carbons (Fsp3) is 1.00. The summed E-state index contributed by atoms with van der Waals surface area (Å²) in [6.07, 6.45) is 0.660. The molecule has 0 aromatic heterocycles. The molecule has 0 saturated carbocycles. The fourth-order valence-corrected chi connectivity index (χ4v) is 1.98. The molecule has 1 atom stereocenters. The number of rotatable bonds is 4. The van der Waals surface area contributed by atoms with E-state index in [1.807, 2.05) is 6.92 Å². The first-order chi connectivity index (χ1) is 6.17. The molecule has 0 aromatic rings. The molecule has 7 heteroatoms. The minimum absolute atomic E-state index is 0. The molecule has 0 aromatic carbocycles. The summed E-state index contributed by atoms with van der Waals surface area (Å²) >= 11 is 0. The molecule has 1 fully saturated rings. The van der Waals surface area contributed by atoms with E-state index in [0.717, 1.165) is 0 Å². The van der Waals surface area contributed by atoms with Gasteiger partial charge in [0.25, 0.3) is 10.1 Å². The van der Waals surface area contributed by atoms with Gasteiger partial charge in [0, 0.05) is 0 Å². The van der Waals surface area contributed by atoms with Crippen molar-refractivity contribution in [1.82, 2.24) is 0 Å². The van der Waals surface area contributed by atoms with Crippen LogP contribution in [0.2, 0.25) is 0 Å². The Hall–Kier alpha value is 0.830. The Balaban J connectivity index is 0.00000169. The van der Waals surface area contributed by atoms with Gasteiger partial charge in [0.15, 0.2) is 0 Å². The van der Waals surface area contributed by atoms with Crippen molar-refractivity contribution >= 4 is 39.7 Å². The van der Waals surface area contributed by atoms with Crippen LogP contribution in [0.4, 0.5) is 0 Å². The van der Waals surface area contributed by atoms with E-state index in [0.29, 0.717) is 19.6 Å². The van der Waals surface area contributed by atoms with E-state index < -0.39 is 15.6 Å². The molecule has 0 amide bonds. The molecular formula is C7H15NaO5S. The van der Waals surface area contributed by atoms with Crippen LogP contribution in [0.15, 0.2) is 0 Å². The van der Waals surface area contributed by atoms with Crippen LogP contribution >= 0.6 is 0 Å². The summed E-state index contributed by atoms with van der Waals surface area (Å²) in [4.78, 5) is 0. The Bertz CT molecular complexity index is 234. The third-order valence-electron chi connectivity index (χ3n) is 1.56. The number of hydrogen-bond acceptors (Lipinski definition) is 5. The minimum atomic E-state index is -3.59. The molecule has 14 heavy (non-hydrogen) atoms. The molecule has 1 rings (SSSR count). The summed E-state index contributed by atoms with van der Waals surface area (Å²) in [6, 6.07) is 0. The summed E-state index contributed by atoms with van der Waals surface area (Å²) in [5.74, 6) is 0. The molecule has 0 aliphatic carbocycles. The summed E-state index contributed by atoms with van der Waals surface area (Å²) in [5.41, 5.74) is -0.951. The quantitative estimate of drug-likeness (QED) is 0.483. The fourth-order valence-electron chi connectivity index (χ4n) is 0.908. The second-order valence-electron chi connectivity index (χ2n) is 2.69. The van der Waals surface area contributed by atoms with Gasteiger partial charge in [0.1, 0.15) is 0 Å². The Kier molecular flexibility index (Phi) is 7.59. The Morgan fingerprint density at radius 1 is 1.43 bits per heavy atom. The summed E-state index contributed by atoms with van der Waals surface area (Å²) in [5, 5.41) is 0. The van der Waals surface area contributed by atoms with Gasteiger partial charge < -0.3 is 9.47 Å². The molecular weight excluding hydrogens is 219 g/mol. The summed E-state index contributed by atoms with van der Waals surface area (Å²) < 4.78 is 37.3. The van der Waals surface area contributed by atoms with Crippen LogP contribution in [-0.4, -0.2) is 69.8 Å². The van der Waals surface area contributed by atoms with Gasteiger partial charge in [-0.05, 0) is 6.42 Å². The van der Waals surface area contributed by atoms with Gasteiger partial charge in [-0.1, -0.05) is 6.92 Å². The first kappa shape index (κ1) is 14.8. The average Bonchev–Trinajstić information content (AvgIpc) is 2.16. The molecule has 0 radical (unpaired) electrons. The van der Waals surface area contributed by atoms with Gasteiger partial charge in [-0.15, -0.1) is 0 Å². The van der Waals surface area contributed by atoms with E-state index in [1.54, 1.807) is 0 Å². The van der Waals surface area contributed by atoms with Gasteiger partial charge in [-0.2, -0.15) is 8.42 Å². The Morgan fingerprint density at radius 3 is 2.64 bits per heavy atom. The third kappa shape index (κ3) is 4.57. The van der Waals surface area contributed by atoms with Gasteiger partial charge in [0.05, 0.1) is 26.4 Å². The van der Waals surface area contributed by atoms with Gasteiger partial charge in [-0.3, -0.25) is 4.18 Å². The van der Waals surface area contributed by atoms with Crippen molar-refractivity contribution in [2.75, 3.05) is 26.4 Å². The molecule has 1 saturated heterocycles. The van der Waals surface area contributed by atoms with Crippen LogP contribution in [0.25, 0.3) is 0 Å². The predicted molar refractivity (Wildman–Crippen MR) is 52.9 cm³/mol. The molecule has 1 unspecified atom stereocenters. The van der Waals surface area contributed by atoms with E-state index in [-0.39, 0.29) is 42.8 Å². The zero-order valence-electron chi connectivity index (χ0n) is 7.56. The Morgan fingerprint density at radius 2 is 2.14 bits per heavy atom. The second-order valence-corrected chi connectivity index (χ2v) is 4.44. The van der Waals surface area contributed by atoms with Crippen LogP contribution in [0.1, 0.15) is 13.3 Å². The average molecular weight is 234 g/mol. The van der Waals surface area contributed by atoms with Crippen LogP contribution in [0.5, 0.6) is 0 Å². The van der Waals surface area contributed by atoms with Gasteiger partial charge in [0.2, 0.25) is 5.44 Å². The SMILES string of the molecule is CCCOS(=O)(=O)C1COCCO1.[NaH]. The molecule has 0 N–H and O–H groups in total. The van der Waals surface area contributed by atoms with Crippen molar-refractivity contribution in [2.45, 2.75) is 18.8 Å². The summed E-state index contributed by atoms with van der Waals surface area (Å²) in [7, 11) is -3.59.